The van der Waals surface area contributed by atoms with Gasteiger partial charge in [0.05, 0.1) is 16.0 Å². The number of aromatic nitrogens is 1. The molecule has 1 aliphatic heterocycles. The molecule has 158 valence electrons. The summed E-state index contributed by atoms with van der Waals surface area (Å²) in [5.74, 6) is 2.84. The topological polar surface area (TPSA) is 36.4 Å². The van der Waals surface area contributed by atoms with Crippen molar-refractivity contribution in [1.82, 2.24) is 9.88 Å². The van der Waals surface area contributed by atoms with Crippen LogP contribution in [0.3, 0.4) is 0 Å². The molecule has 8 heteroatoms. The van der Waals surface area contributed by atoms with Crippen LogP contribution in [0, 0.1) is 23.2 Å². The summed E-state index contributed by atoms with van der Waals surface area (Å²) < 4.78 is 38.5. The summed E-state index contributed by atoms with van der Waals surface area (Å²) in [7, 11) is 0. The number of hydrogen-bond acceptors (Lipinski definition) is 3. The minimum Gasteiger partial charge on any atom is -0.352 e. The second kappa shape index (κ2) is 6.76. The summed E-state index contributed by atoms with van der Waals surface area (Å²) in [6.07, 6.45) is 3.42. The van der Waals surface area contributed by atoms with E-state index in [1.165, 1.54) is 19.3 Å². The number of hydrogen-bond donors (Lipinski definition) is 0. The molecule has 4 saturated carbocycles. The molecule has 6 rings (SSSR count). The number of anilines is 1. The van der Waals surface area contributed by atoms with Crippen LogP contribution < -0.4 is 4.90 Å². The largest absolute Gasteiger partial charge is 0.417 e. The van der Waals surface area contributed by atoms with Gasteiger partial charge in [0.1, 0.15) is 5.82 Å². The van der Waals surface area contributed by atoms with Crippen LogP contribution in [-0.2, 0) is 11.0 Å². The van der Waals surface area contributed by atoms with Crippen molar-refractivity contribution < 1.29 is 18.0 Å². The highest BCUT2D eigenvalue weighted by Gasteiger charge is 2.55. The monoisotopic (exact) mass is 427 g/mol. The second-order valence-corrected chi connectivity index (χ2v) is 9.91. The van der Waals surface area contributed by atoms with Gasteiger partial charge in [-0.15, -0.1) is 0 Å². The van der Waals surface area contributed by atoms with Crippen molar-refractivity contribution in [2.24, 2.45) is 23.2 Å². The third-order valence-electron chi connectivity index (χ3n) is 7.51. The van der Waals surface area contributed by atoms with E-state index in [9.17, 15) is 18.0 Å². The molecule has 5 aliphatic rings. The predicted molar refractivity (Wildman–Crippen MR) is 104 cm³/mol. The van der Waals surface area contributed by atoms with Gasteiger partial charge in [0.15, 0.2) is 0 Å². The fourth-order valence-electron chi connectivity index (χ4n) is 6.65. The van der Waals surface area contributed by atoms with Gasteiger partial charge in [-0.25, -0.2) is 4.98 Å². The maximum absolute atomic E-state index is 13.5. The van der Waals surface area contributed by atoms with E-state index in [0.717, 1.165) is 49.3 Å². The van der Waals surface area contributed by atoms with Crippen molar-refractivity contribution in [3.63, 3.8) is 0 Å². The number of nitrogens with zero attached hydrogens (tertiary/aromatic N) is 3. The first-order valence-electron chi connectivity index (χ1n) is 10.5. The van der Waals surface area contributed by atoms with E-state index in [1.807, 2.05) is 9.80 Å². The standard InChI is InChI=1S/C21H25ClF3N3O/c22-17-8-16(21(23,24)25)12-26-18(17)27-1-3-28(4-2-27)19(29)20-9-13-5-14(10-20)7-15(6-13)11-20/h8,12-15H,1-7,9-11H2. The predicted octanol–water partition coefficient (Wildman–Crippen LogP) is 4.62. The first-order chi connectivity index (χ1) is 13.7. The summed E-state index contributed by atoms with van der Waals surface area (Å²) in [6, 6.07) is 0.927. The van der Waals surface area contributed by atoms with E-state index in [-0.39, 0.29) is 10.4 Å². The van der Waals surface area contributed by atoms with E-state index < -0.39 is 11.7 Å². The van der Waals surface area contributed by atoms with Crippen LogP contribution in [0.4, 0.5) is 19.0 Å². The number of piperazine rings is 1. The van der Waals surface area contributed by atoms with E-state index in [4.69, 9.17) is 11.6 Å². The van der Waals surface area contributed by atoms with E-state index >= 15 is 0 Å². The number of carbonyl (C=O) groups is 1. The Hall–Kier alpha value is -1.50. The molecule has 29 heavy (non-hydrogen) atoms. The number of amides is 1. The van der Waals surface area contributed by atoms with Gasteiger partial charge in [0, 0.05) is 32.4 Å². The quantitative estimate of drug-likeness (QED) is 0.691. The summed E-state index contributed by atoms with van der Waals surface area (Å²) in [4.78, 5) is 21.3. The van der Waals surface area contributed by atoms with Crippen LogP contribution in [0.25, 0.3) is 0 Å². The fraction of sp³-hybridized carbons (Fsp3) is 0.714. The zero-order valence-electron chi connectivity index (χ0n) is 16.2. The smallest absolute Gasteiger partial charge is 0.352 e. The van der Waals surface area contributed by atoms with Crippen molar-refractivity contribution in [2.75, 3.05) is 31.1 Å². The summed E-state index contributed by atoms with van der Waals surface area (Å²) >= 11 is 6.09. The Labute approximate surface area is 173 Å². The van der Waals surface area contributed by atoms with Crippen LogP contribution in [0.5, 0.6) is 0 Å². The highest BCUT2D eigenvalue weighted by Crippen LogP contribution is 2.60. The zero-order chi connectivity index (χ0) is 20.4. The molecule has 0 radical (unpaired) electrons. The first-order valence-corrected chi connectivity index (χ1v) is 10.9. The van der Waals surface area contributed by atoms with Gasteiger partial charge in [-0.1, -0.05) is 11.6 Å². The zero-order valence-corrected chi connectivity index (χ0v) is 17.0. The van der Waals surface area contributed by atoms with Crippen molar-refractivity contribution in [3.8, 4) is 0 Å². The number of rotatable bonds is 2. The molecule has 2 heterocycles. The number of alkyl halides is 3. The molecular formula is C21H25ClF3N3O. The van der Waals surface area contributed by atoms with Crippen molar-refractivity contribution in [2.45, 2.75) is 44.7 Å². The molecule has 4 bridgehead atoms. The van der Waals surface area contributed by atoms with Gasteiger partial charge in [0.2, 0.25) is 5.91 Å². The number of pyridine rings is 1. The number of halogens is 4. The molecule has 5 fully saturated rings. The lowest BCUT2D eigenvalue weighted by Gasteiger charge is -2.57. The van der Waals surface area contributed by atoms with Gasteiger partial charge in [-0.05, 0) is 62.3 Å². The maximum atomic E-state index is 13.5. The lowest BCUT2D eigenvalue weighted by Crippen LogP contribution is -2.58. The Morgan fingerprint density at radius 2 is 1.59 bits per heavy atom. The molecule has 1 aromatic heterocycles. The molecule has 4 aliphatic carbocycles. The van der Waals surface area contributed by atoms with Gasteiger partial charge in [0.25, 0.3) is 0 Å². The molecule has 1 amide bonds. The lowest BCUT2D eigenvalue weighted by atomic mass is 9.49. The lowest BCUT2D eigenvalue weighted by molar-refractivity contribution is -0.158. The Balaban J connectivity index is 1.26. The van der Waals surface area contributed by atoms with Crippen LogP contribution in [-0.4, -0.2) is 42.0 Å². The fourth-order valence-corrected chi connectivity index (χ4v) is 6.93. The average Bonchev–Trinajstić information content (AvgIpc) is 2.66. The Morgan fingerprint density at radius 1 is 1.03 bits per heavy atom. The molecule has 4 nitrogen and oxygen atoms in total. The van der Waals surface area contributed by atoms with Crippen LogP contribution >= 0.6 is 11.6 Å². The highest BCUT2D eigenvalue weighted by atomic mass is 35.5. The Bertz CT molecular complexity index is 785. The Kier molecular flexibility index (Phi) is 4.53. The summed E-state index contributed by atoms with van der Waals surface area (Å²) in [5.41, 5.74) is -0.997. The average molecular weight is 428 g/mol. The van der Waals surface area contributed by atoms with Gasteiger partial charge in [-0.2, -0.15) is 13.2 Å². The molecule has 0 atom stereocenters. The maximum Gasteiger partial charge on any atom is 0.417 e. The normalized spacial score (nSPS) is 34.0. The molecule has 0 unspecified atom stereocenters. The molecule has 0 N–H and O–H groups in total. The number of carbonyl (C=O) groups excluding carboxylic acids is 1. The minimum absolute atomic E-state index is 0.000635. The van der Waals surface area contributed by atoms with Crippen molar-refractivity contribution >= 4 is 23.3 Å². The van der Waals surface area contributed by atoms with Crippen LogP contribution in [0.15, 0.2) is 12.3 Å². The second-order valence-electron chi connectivity index (χ2n) is 9.50. The van der Waals surface area contributed by atoms with Gasteiger partial charge in [-0.3, -0.25) is 4.79 Å². The first kappa shape index (κ1) is 19.5. The highest BCUT2D eigenvalue weighted by molar-refractivity contribution is 6.33. The van der Waals surface area contributed by atoms with E-state index in [0.29, 0.717) is 37.9 Å². The summed E-state index contributed by atoms with van der Waals surface area (Å²) in [6.45, 7) is 2.21. The molecule has 1 saturated heterocycles. The van der Waals surface area contributed by atoms with Gasteiger partial charge < -0.3 is 9.80 Å². The Morgan fingerprint density at radius 3 is 2.07 bits per heavy atom. The molecular weight excluding hydrogens is 403 g/mol. The van der Waals surface area contributed by atoms with E-state index in [1.54, 1.807) is 0 Å². The third kappa shape index (κ3) is 3.39. The molecule has 0 spiro atoms. The minimum atomic E-state index is -4.46. The van der Waals surface area contributed by atoms with Crippen LogP contribution in [0.1, 0.15) is 44.1 Å². The van der Waals surface area contributed by atoms with Crippen molar-refractivity contribution in [3.05, 3.63) is 22.8 Å². The van der Waals surface area contributed by atoms with Crippen LogP contribution in [0.2, 0.25) is 5.02 Å². The van der Waals surface area contributed by atoms with Crippen molar-refractivity contribution in [1.29, 1.82) is 0 Å². The van der Waals surface area contributed by atoms with E-state index in [2.05, 4.69) is 4.98 Å². The van der Waals surface area contributed by atoms with Gasteiger partial charge >= 0.3 is 6.18 Å². The molecule has 1 aromatic rings. The SMILES string of the molecule is O=C(N1CCN(c2ncc(C(F)(F)F)cc2Cl)CC1)C12CC3CC(CC(C3)C1)C2. The molecule has 0 aromatic carbocycles. The third-order valence-corrected chi connectivity index (χ3v) is 7.79. The summed E-state index contributed by atoms with van der Waals surface area (Å²) in [5, 5.41) is 0.000635.